The summed E-state index contributed by atoms with van der Waals surface area (Å²) >= 11 is 1.70. The van der Waals surface area contributed by atoms with E-state index in [1.54, 1.807) is 26.0 Å². The maximum Gasteiger partial charge on any atom is 0.307 e. The molecule has 5 heteroatoms. The molecule has 0 aromatic heterocycles. The largest absolute Gasteiger partial charge is 0.493 e. The molecule has 0 aliphatic rings. The van der Waals surface area contributed by atoms with Gasteiger partial charge in [-0.15, -0.1) is 11.8 Å². The van der Waals surface area contributed by atoms with Crippen molar-refractivity contribution in [1.29, 1.82) is 0 Å². The van der Waals surface area contributed by atoms with Gasteiger partial charge in [0.15, 0.2) is 11.5 Å². The van der Waals surface area contributed by atoms with Crippen LogP contribution in [0.5, 0.6) is 11.5 Å². The zero-order chi connectivity index (χ0) is 22.0. The summed E-state index contributed by atoms with van der Waals surface area (Å²) in [6.07, 6.45) is 4.55. The van der Waals surface area contributed by atoms with E-state index < -0.39 is 5.60 Å². The molecular formula is C25H34O4S. The Morgan fingerprint density at radius 1 is 0.967 bits per heavy atom. The lowest BCUT2D eigenvalue weighted by atomic mass is 10.1. The fraction of sp³-hybridized carbons (Fsp3) is 0.480. The van der Waals surface area contributed by atoms with Crippen LogP contribution in [-0.2, 0) is 16.0 Å². The van der Waals surface area contributed by atoms with Crippen LogP contribution in [-0.4, -0.2) is 31.0 Å². The number of methoxy groups -OCH3 is 2. The Bertz CT molecular complexity index is 783. The molecule has 0 radical (unpaired) electrons. The highest BCUT2D eigenvalue weighted by Gasteiger charge is 2.21. The summed E-state index contributed by atoms with van der Waals surface area (Å²) in [7, 11) is 3.26. The van der Waals surface area contributed by atoms with Gasteiger partial charge in [0.05, 0.1) is 20.6 Å². The molecule has 0 heterocycles. The second-order valence-electron chi connectivity index (χ2n) is 8.28. The molecule has 4 nitrogen and oxygen atoms in total. The van der Waals surface area contributed by atoms with Crippen molar-refractivity contribution in [3.63, 3.8) is 0 Å². The van der Waals surface area contributed by atoms with Gasteiger partial charge in [-0.1, -0.05) is 36.8 Å². The second kappa shape index (κ2) is 11.9. The molecule has 1 unspecified atom stereocenters. The van der Waals surface area contributed by atoms with E-state index in [0.29, 0.717) is 17.9 Å². The average molecular weight is 431 g/mol. The molecule has 2 rings (SSSR count). The molecule has 0 spiro atoms. The summed E-state index contributed by atoms with van der Waals surface area (Å²) in [5, 5.41) is 0.147. The third kappa shape index (κ3) is 8.70. The number of hydrogen-bond acceptors (Lipinski definition) is 5. The van der Waals surface area contributed by atoms with Crippen molar-refractivity contribution in [3.8, 4) is 11.5 Å². The smallest absolute Gasteiger partial charge is 0.307 e. The van der Waals surface area contributed by atoms with Crippen molar-refractivity contribution < 1.29 is 19.0 Å². The number of esters is 1. The molecule has 164 valence electrons. The van der Waals surface area contributed by atoms with Crippen molar-refractivity contribution in [3.05, 3.63) is 54.1 Å². The minimum Gasteiger partial charge on any atom is -0.493 e. The van der Waals surface area contributed by atoms with Crippen LogP contribution in [0.4, 0.5) is 0 Å². The SMILES string of the molecule is COc1ccc(SC(CCCCc2ccccc2)CC(=O)OC(C)(C)C)cc1OC. The standard InChI is InChI=1S/C25H34O4S/c1-25(2,3)29-24(26)18-20(14-10-9-13-19-11-7-6-8-12-19)30-21-15-16-22(27-4)23(17-21)28-5/h6-8,11-12,15-17,20H,9-10,13-14,18H2,1-5H3. The third-order valence-electron chi connectivity index (χ3n) is 4.56. The maximum absolute atomic E-state index is 12.5. The summed E-state index contributed by atoms with van der Waals surface area (Å²) in [5.41, 5.74) is 0.886. The summed E-state index contributed by atoms with van der Waals surface area (Å²) in [6.45, 7) is 5.71. The van der Waals surface area contributed by atoms with E-state index in [1.807, 2.05) is 45.0 Å². The number of unbranched alkanes of at least 4 members (excludes halogenated alkanes) is 1. The fourth-order valence-electron chi connectivity index (χ4n) is 3.20. The first-order valence-electron chi connectivity index (χ1n) is 10.4. The fourth-order valence-corrected chi connectivity index (χ4v) is 4.41. The van der Waals surface area contributed by atoms with Gasteiger partial charge in [0.2, 0.25) is 0 Å². The molecule has 0 bridgehead atoms. The van der Waals surface area contributed by atoms with Crippen molar-refractivity contribution in [2.45, 2.75) is 68.6 Å². The van der Waals surface area contributed by atoms with Crippen LogP contribution in [0.25, 0.3) is 0 Å². The predicted octanol–water partition coefficient (Wildman–Crippen LogP) is 6.31. The summed E-state index contributed by atoms with van der Waals surface area (Å²) < 4.78 is 16.3. The molecule has 30 heavy (non-hydrogen) atoms. The quantitative estimate of drug-likeness (QED) is 0.237. The highest BCUT2D eigenvalue weighted by Crippen LogP contribution is 2.36. The molecule has 0 N–H and O–H groups in total. The normalized spacial score (nSPS) is 12.3. The second-order valence-corrected chi connectivity index (χ2v) is 9.65. The van der Waals surface area contributed by atoms with E-state index in [1.165, 1.54) is 5.56 Å². The van der Waals surface area contributed by atoms with Gasteiger partial charge in [-0.25, -0.2) is 0 Å². The van der Waals surface area contributed by atoms with Gasteiger partial charge in [-0.2, -0.15) is 0 Å². The van der Waals surface area contributed by atoms with E-state index in [0.717, 1.165) is 30.6 Å². The first-order valence-corrected chi connectivity index (χ1v) is 11.3. The molecule has 1 atom stereocenters. The summed E-state index contributed by atoms with van der Waals surface area (Å²) in [4.78, 5) is 13.5. The third-order valence-corrected chi connectivity index (χ3v) is 5.82. The number of carbonyl (C=O) groups excluding carboxylic acids is 1. The number of thioether (sulfide) groups is 1. The Kier molecular flexibility index (Phi) is 9.57. The Hall–Kier alpha value is -2.14. The zero-order valence-electron chi connectivity index (χ0n) is 18.8. The molecular weight excluding hydrogens is 396 g/mol. The topological polar surface area (TPSA) is 44.8 Å². The van der Waals surface area contributed by atoms with E-state index in [-0.39, 0.29) is 11.2 Å². The van der Waals surface area contributed by atoms with Crippen LogP contribution in [0, 0.1) is 0 Å². The first kappa shape index (κ1) is 24.1. The number of rotatable bonds is 11. The number of carbonyl (C=O) groups is 1. The molecule has 0 aliphatic heterocycles. The van der Waals surface area contributed by atoms with Crippen LogP contribution >= 0.6 is 11.8 Å². The van der Waals surface area contributed by atoms with Crippen molar-refractivity contribution >= 4 is 17.7 Å². The van der Waals surface area contributed by atoms with Crippen LogP contribution in [0.2, 0.25) is 0 Å². The number of aryl methyl sites for hydroxylation is 1. The molecule has 0 amide bonds. The number of hydrogen-bond donors (Lipinski definition) is 0. The van der Waals surface area contributed by atoms with Gasteiger partial charge in [0, 0.05) is 10.1 Å². The van der Waals surface area contributed by atoms with Crippen molar-refractivity contribution in [2.75, 3.05) is 14.2 Å². The first-order chi connectivity index (χ1) is 14.3. The van der Waals surface area contributed by atoms with Crippen LogP contribution in [0.15, 0.2) is 53.4 Å². The highest BCUT2D eigenvalue weighted by atomic mass is 32.2. The Morgan fingerprint density at radius 3 is 2.30 bits per heavy atom. The molecule has 2 aromatic carbocycles. The van der Waals surface area contributed by atoms with Gasteiger partial charge < -0.3 is 14.2 Å². The maximum atomic E-state index is 12.5. The Morgan fingerprint density at radius 2 is 1.67 bits per heavy atom. The van der Waals surface area contributed by atoms with Crippen molar-refractivity contribution in [2.24, 2.45) is 0 Å². The summed E-state index contributed by atoms with van der Waals surface area (Å²) in [6, 6.07) is 16.4. The number of benzene rings is 2. The number of ether oxygens (including phenoxy) is 3. The Balaban J connectivity index is 2.00. The monoisotopic (exact) mass is 430 g/mol. The Labute approximate surface area is 185 Å². The van der Waals surface area contributed by atoms with Crippen LogP contribution in [0.1, 0.15) is 52.0 Å². The predicted molar refractivity (Wildman–Crippen MR) is 124 cm³/mol. The zero-order valence-corrected chi connectivity index (χ0v) is 19.6. The van der Waals surface area contributed by atoms with Gasteiger partial charge in [0.1, 0.15) is 5.60 Å². The van der Waals surface area contributed by atoms with E-state index in [4.69, 9.17) is 14.2 Å². The van der Waals surface area contributed by atoms with Crippen LogP contribution < -0.4 is 9.47 Å². The lowest BCUT2D eigenvalue weighted by Gasteiger charge is -2.22. The minimum absolute atomic E-state index is 0.147. The average Bonchev–Trinajstić information content (AvgIpc) is 2.70. The molecule has 2 aromatic rings. The van der Waals surface area contributed by atoms with Crippen LogP contribution in [0.3, 0.4) is 0 Å². The molecule has 0 fully saturated rings. The van der Waals surface area contributed by atoms with E-state index in [9.17, 15) is 4.79 Å². The highest BCUT2D eigenvalue weighted by molar-refractivity contribution is 8.00. The lowest BCUT2D eigenvalue weighted by molar-refractivity contribution is -0.154. The molecule has 0 saturated carbocycles. The van der Waals surface area contributed by atoms with Gasteiger partial charge in [-0.3, -0.25) is 4.79 Å². The molecule has 0 aliphatic carbocycles. The lowest BCUT2D eigenvalue weighted by Crippen LogP contribution is -2.25. The van der Waals surface area contributed by atoms with Gasteiger partial charge >= 0.3 is 5.97 Å². The summed E-state index contributed by atoms with van der Waals surface area (Å²) in [5.74, 6) is 1.25. The van der Waals surface area contributed by atoms with Gasteiger partial charge in [-0.05, 0) is 63.8 Å². The van der Waals surface area contributed by atoms with Gasteiger partial charge in [0.25, 0.3) is 0 Å². The van der Waals surface area contributed by atoms with E-state index in [2.05, 4.69) is 24.3 Å². The molecule has 0 saturated heterocycles. The minimum atomic E-state index is -0.469. The van der Waals surface area contributed by atoms with E-state index >= 15 is 0 Å². The van der Waals surface area contributed by atoms with Crippen molar-refractivity contribution in [1.82, 2.24) is 0 Å².